The van der Waals surface area contributed by atoms with Gasteiger partial charge in [-0.2, -0.15) is 4.31 Å². The van der Waals surface area contributed by atoms with Crippen LogP contribution in [0.1, 0.15) is 25.0 Å². The molecule has 0 aliphatic carbocycles. The Kier molecular flexibility index (Phi) is 5.69. The predicted octanol–water partition coefficient (Wildman–Crippen LogP) is 3.78. The van der Waals surface area contributed by atoms with Crippen LogP contribution in [-0.4, -0.2) is 32.0 Å². The first-order valence-corrected chi connectivity index (χ1v) is 9.12. The number of hydrogen-bond donors (Lipinski definition) is 0. The van der Waals surface area contributed by atoms with Gasteiger partial charge in [-0.25, -0.2) is 8.42 Å². The summed E-state index contributed by atoms with van der Waals surface area (Å²) in [4.78, 5) is 4.68. The third-order valence-electron chi connectivity index (χ3n) is 3.62. The van der Waals surface area contributed by atoms with Crippen LogP contribution in [0.25, 0.3) is 0 Å². The molecule has 2 aromatic rings. The fourth-order valence-electron chi connectivity index (χ4n) is 2.22. The normalized spacial score (nSPS) is 12.2. The minimum Gasteiger partial charge on any atom is -0.256 e. The van der Waals surface area contributed by atoms with Crippen LogP contribution in [0, 0.1) is 6.92 Å². The maximum Gasteiger partial charge on any atom is 0.243 e. The molecule has 0 aromatic heterocycles. The highest BCUT2D eigenvalue weighted by Gasteiger charge is 2.20. The van der Waals surface area contributed by atoms with Crippen LogP contribution in [0.4, 0.5) is 5.69 Å². The summed E-state index contributed by atoms with van der Waals surface area (Å²) in [6, 6.07) is 14.7. The van der Waals surface area contributed by atoms with Crippen molar-refractivity contribution in [2.75, 3.05) is 13.1 Å². The molecule has 0 aliphatic rings. The summed E-state index contributed by atoms with van der Waals surface area (Å²) in [6.07, 6.45) is 1.77. The highest BCUT2D eigenvalue weighted by atomic mass is 32.2. The van der Waals surface area contributed by atoms with E-state index in [2.05, 4.69) is 4.99 Å². The van der Waals surface area contributed by atoms with Crippen molar-refractivity contribution in [3.05, 3.63) is 59.7 Å². The Hall–Kier alpha value is -1.98. The lowest BCUT2D eigenvalue weighted by atomic mass is 10.2. The quantitative estimate of drug-likeness (QED) is 0.757. The van der Waals surface area contributed by atoms with Crippen molar-refractivity contribution in [1.29, 1.82) is 0 Å². The average Bonchev–Trinajstić information content (AvgIpc) is 2.55. The minimum absolute atomic E-state index is 0.301. The largest absolute Gasteiger partial charge is 0.256 e. The van der Waals surface area contributed by atoms with Crippen molar-refractivity contribution in [3.63, 3.8) is 0 Å². The fraction of sp³-hybridized carbons (Fsp3) is 0.278. The Morgan fingerprint density at radius 2 is 1.52 bits per heavy atom. The van der Waals surface area contributed by atoms with Crippen LogP contribution in [0.15, 0.2) is 58.4 Å². The van der Waals surface area contributed by atoms with Crippen LogP contribution >= 0.6 is 0 Å². The van der Waals surface area contributed by atoms with Crippen LogP contribution in [-0.2, 0) is 10.0 Å². The lowest BCUT2D eigenvalue weighted by molar-refractivity contribution is 0.445. The highest BCUT2D eigenvalue weighted by molar-refractivity contribution is 7.89. The lowest BCUT2D eigenvalue weighted by Gasteiger charge is -2.18. The molecule has 122 valence electrons. The van der Waals surface area contributed by atoms with Crippen molar-refractivity contribution in [2.45, 2.75) is 25.7 Å². The van der Waals surface area contributed by atoms with Crippen LogP contribution < -0.4 is 0 Å². The van der Waals surface area contributed by atoms with Gasteiger partial charge in [0.05, 0.1) is 10.6 Å². The summed E-state index contributed by atoms with van der Waals surface area (Å²) in [5, 5.41) is 0. The van der Waals surface area contributed by atoms with Crippen molar-refractivity contribution in [3.8, 4) is 0 Å². The first kappa shape index (κ1) is 17.4. The van der Waals surface area contributed by atoms with E-state index in [1.807, 2.05) is 45.0 Å². The van der Waals surface area contributed by atoms with Gasteiger partial charge in [-0.3, -0.25) is 4.99 Å². The zero-order valence-electron chi connectivity index (χ0n) is 13.7. The van der Waals surface area contributed by atoms with Crippen molar-refractivity contribution >= 4 is 21.9 Å². The molecule has 0 spiro atoms. The first-order chi connectivity index (χ1) is 11.0. The Labute approximate surface area is 138 Å². The molecule has 0 saturated carbocycles. The van der Waals surface area contributed by atoms with Gasteiger partial charge in [0.2, 0.25) is 10.0 Å². The van der Waals surface area contributed by atoms with Gasteiger partial charge >= 0.3 is 0 Å². The molecule has 0 unspecified atom stereocenters. The molecule has 0 amide bonds. The fourth-order valence-corrected chi connectivity index (χ4v) is 3.68. The van der Waals surface area contributed by atoms with E-state index in [4.69, 9.17) is 0 Å². The number of nitrogens with zero attached hydrogens (tertiary/aromatic N) is 2. The Morgan fingerprint density at radius 3 is 2.04 bits per heavy atom. The van der Waals surface area contributed by atoms with Gasteiger partial charge in [-0.15, -0.1) is 0 Å². The van der Waals surface area contributed by atoms with Crippen molar-refractivity contribution in [2.24, 2.45) is 4.99 Å². The molecule has 0 fully saturated rings. The van der Waals surface area contributed by atoms with E-state index in [-0.39, 0.29) is 0 Å². The molecular weight excluding hydrogens is 308 g/mol. The van der Waals surface area contributed by atoms with Gasteiger partial charge in [0.15, 0.2) is 0 Å². The number of benzene rings is 2. The molecule has 0 heterocycles. The average molecular weight is 330 g/mol. The maximum absolute atomic E-state index is 12.4. The van der Waals surface area contributed by atoms with E-state index in [0.29, 0.717) is 18.0 Å². The lowest BCUT2D eigenvalue weighted by Crippen LogP contribution is -2.30. The van der Waals surface area contributed by atoms with Crippen LogP contribution in [0.5, 0.6) is 0 Å². The molecule has 0 saturated heterocycles. The second-order valence-electron chi connectivity index (χ2n) is 5.25. The monoisotopic (exact) mass is 330 g/mol. The van der Waals surface area contributed by atoms with Gasteiger partial charge in [0.25, 0.3) is 0 Å². The third-order valence-corrected chi connectivity index (χ3v) is 5.68. The predicted molar refractivity (Wildman–Crippen MR) is 95.0 cm³/mol. The van der Waals surface area contributed by atoms with Crippen molar-refractivity contribution < 1.29 is 8.42 Å². The summed E-state index contributed by atoms with van der Waals surface area (Å²) in [5.74, 6) is 0. The number of aryl methyl sites for hydroxylation is 1. The zero-order valence-corrected chi connectivity index (χ0v) is 14.5. The smallest absolute Gasteiger partial charge is 0.243 e. The second-order valence-corrected chi connectivity index (χ2v) is 7.19. The van der Waals surface area contributed by atoms with E-state index in [0.717, 1.165) is 11.3 Å². The standard InChI is InChI=1S/C18H22N2O2S/c1-4-20(5-2)23(21,22)18-12-10-17(11-13-18)19-14-16-8-6-15(3)7-9-16/h6-14H,4-5H2,1-3H3. The minimum atomic E-state index is -3.41. The molecule has 2 aromatic carbocycles. The molecule has 4 nitrogen and oxygen atoms in total. The van der Waals surface area contributed by atoms with Gasteiger partial charge < -0.3 is 0 Å². The van der Waals surface area contributed by atoms with E-state index in [1.54, 1.807) is 30.5 Å². The van der Waals surface area contributed by atoms with E-state index < -0.39 is 10.0 Å². The third kappa shape index (κ3) is 4.27. The summed E-state index contributed by atoms with van der Waals surface area (Å²) in [6.45, 7) is 6.64. The highest BCUT2D eigenvalue weighted by Crippen LogP contribution is 2.19. The molecule has 0 atom stereocenters. The van der Waals surface area contributed by atoms with E-state index >= 15 is 0 Å². The Balaban J connectivity index is 2.18. The van der Waals surface area contributed by atoms with Gasteiger partial charge in [-0.05, 0) is 36.8 Å². The maximum atomic E-state index is 12.4. The first-order valence-electron chi connectivity index (χ1n) is 7.68. The van der Waals surface area contributed by atoms with E-state index in [1.165, 1.54) is 9.87 Å². The Morgan fingerprint density at radius 1 is 0.957 bits per heavy atom. The van der Waals surface area contributed by atoms with Gasteiger partial charge in [0.1, 0.15) is 0 Å². The topological polar surface area (TPSA) is 49.7 Å². The summed E-state index contributed by atoms with van der Waals surface area (Å²) in [7, 11) is -3.41. The molecule has 0 radical (unpaired) electrons. The van der Waals surface area contributed by atoms with Gasteiger partial charge in [-0.1, -0.05) is 43.7 Å². The SMILES string of the molecule is CCN(CC)S(=O)(=O)c1ccc(N=Cc2ccc(C)cc2)cc1. The zero-order chi connectivity index (χ0) is 16.9. The molecule has 23 heavy (non-hydrogen) atoms. The summed E-state index contributed by atoms with van der Waals surface area (Å²) in [5.41, 5.74) is 2.94. The van der Waals surface area contributed by atoms with Crippen molar-refractivity contribution in [1.82, 2.24) is 4.31 Å². The molecule has 2 rings (SSSR count). The molecule has 5 heteroatoms. The summed E-state index contributed by atoms with van der Waals surface area (Å²) >= 11 is 0. The number of aliphatic imine (C=N–C) groups is 1. The molecule has 0 bridgehead atoms. The second kappa shape index (κ2) is 7.53. The molecular formula is C18H22N2O2S. The number of sulfonamides is 1. The van der Waals surface area contributed by atoms with Crippen LogP contribution in [0.2, 0.25) is 0 Å². The number of rotatable bonds is 6. The number of hydrogen-bond acceptors (Lipinski definition) is 3. The summed E-state index contributed by atoms with van der Waals surface area (Å²) < 4.78 is 26.3. The van der Waals surface area contributed by atoms with E-state index in [9.17, 15) is 8.42 Å². The Bertz CT molecular complexity index is 760. The van der Waals surface area contributed by atoms with Gasteiger partial charge in [0, 0.05) is 19.3 Å². The molecule has 0 aliphatic heterocycles. The molecule has 0 N–H and O–H groups in total. The van der Waals surface area contributed by atoms with Crippen LogP contribution in [0.3, 0.4) is 0 Å².